The molecule has 2 N–H and O–H groups in total. The zero-order valence-corrected chi connectivity index (χ0v) is 16.4. The number of carbonyl (C=O) groups is 3. The fraction of sp³-hybridized carbons (Fsp3) is 0.286. The van der Waals surface area contributed by atoms with Gasteiger partial charge < -0.3 is 24.8 Å². The highest BCUT2D eigenvalue weighted by atomic mass is 16.7. The Balaban J connectivity index is 1.70. The number of carbonyl (C=O) groups excluding carboxylic acids is 3. The third-order valence-corrected chi connectivity index (χ3v) is 3.84. The Kier molecular flexibility index (Phi) is 8.50. The molecular formula is C21H24N2O6. The molecule has 2 aromatic carbocycles. The minimum atomic E-state index is -0.791. The molecule has 0 saturated carbocycles. The van der Waals surface area contributed by atoms with Crippen molar-refractivity contribution in [1.82, 2.24) is 10.6 Å². The molecular weight excluding hydrogens is 376 g/mol. The van der Waals surface area contributed by atoms with E-state index in [1.54, 1.807) is 50.4 Å². The number of amides is 2. The van der Waals surface area contributed by atoms with E-state index in [0.717, 1.165) is 0 Å². The first-order valence-electron chi connectivity index (χ1n) is 9.18. The van der Waals surface area contributed by atoms with Crippen molar-refractivity contribution in [2.45, 2.75) is 13.3 Å². The summed E-state index contributed by atoms with van der Waals surface area (Å²) in [5, 5.41) is 5.56. The highest BCUT2D eigenvalue weighted by molar-refractivity contribution is 5.95. The van der Waals surface area contributed by atoms with Crippen LogP contribution in [0.3, 0.4) is 0 Å². The molecule has 0 spiro atoms. The van der Waals surface area contributed by atoms with E-state index >= 15 is 0 Å². The normalized spacial score (nSPS) is 10.0. The standard InChI is InChI=1S/C21H24N2O6/c1-3-28-21(26)29-17-10-8-15(9-11-17)19(24)22-12-5-13-23-20(25)16-6-4-7-18(14-16)27-2/h4,6-11,14H,3,5,12-13H2,1-2H3,(H,22,24)(H,23,25). The van der Waals surface area contributed by atoms with Crippen molar-refractivity contribution in [1.29, 1.82) is 0 Å². The molecule has 2 amide bonds. The lowest BCUT2D eigenvalue weighted by atomic mass is 10.2. The van der Waals surface area contributed by atoms with Crippen molar-refractivity contribution < 1.29 is 28.6 Å². The molecule has 0 atom stereocenters. The number of benzene rings is 2. The van der Waals surface area contributed by atoms with Gasteiger partial charge in [0.2, 0.25) is 0 Å². The van der Waals surface area contributed by atoms with Gasteiger partial charge in [-0.05, 0) is 55.8 Å². The second-order valence-corrected chi connectivity index (χ2v) is 5.91. The smallest absolute Gasteiger partial charge is 0.497 e. The molecule has 0 unspecified atom stereocenters. The summed E-state index contributed by atoms with van der Waals surface area (Å²) in [5.74, 6) is 0.447. The summed E-state index contributed by atoms with van der Waals surface area (Å²) in [6.45, 7) is 2.72. The van der Waals surface area contributed by atoms with Crippen LogP contribution in [0.2, 0.25) is 0 Å². The van der Waals surface area contributed by atoms with E-state index in [2.05, 4.69) is 15.4 Å². The summed E-state index contributed by atoms with van der Waals surface area (Å²) < 4.78 is 14.7. The maximum absolute atomic E-state index is 12.1. The molecule has 0 radical (unpaired) electrons. The molecule has 0 aliphatic heterocycles. The molecule has 0 fully saturated rings. The first-order chi connectivity index (χ1) is 14.0. The van der Waals surface area contributed by atoms with Crippen molar-refractivity contribution >= 4 is 18.0 Å². The Labute approximate surface area is 169 Å². The first kappa shape index (κ1) is 21.7. The molecule has 2 rings (SSSR count). The SMILES string of the molecule is CCOC(=O)Oc1ccc(C(=O)NCCCNC(=O)c2cccc(OC)c2)cc1. The topological polar surface area (TPSA) is 103 Å². The van der Waals surface area contributed by atoms with Crippen LogP contribution in [0.15, 0.2) is 48.5 Å². The Morgan fingerprint density at radius 1 is 0.862 bits per heavy atom. The average Bonchev–Trinajstić information content (AvgIpc) is 2.74. The van der Waals surface area contributed by atoms with Crippen molar-refractivity contribution in [2.24, 2.45) is 0 Å². The highest BCUT2D eigenvalue weighted by Crippen LogP contribution is 2.13. The van der Waals surface area contributed by atoms with Crippen LogP contribution in [-0.2, 0) is 4.74 Å². The van der Waals surface area contributed by atoms with Crippen LogP contribution in [0, 0.1) is 0 Å². The van der Waals surface area contributed by atoms with Gasteiger partial charge >= 0.3 is 6.16 Å². The van der Waals surface area contributed by atoms with Crippen LogP contribution in [0.4, 0.5) is 4.79 Å². The van der Waals surface area contributed by atoms with Crippen LogP contribution in [0.25, 0.3) is 0 Å². The van der Waals surface area contributed by atoms with Gasteiger partial charge in [-0.25, -0.2) is 4.79 Å². The third-order valence-electron chi connectivity index (χ3n) is 3.84. The Hall–Kier alpha value is -3.55. The molecule has 0 heterocycles. The summed E-state index contributed by atoms with van der Waals surface area (Å²) in [6.07, 6.45) is -0.216. The molecule has 0 aromatic heterocycles. The minimum Gasteiger partial charge on any atom is -0.497 e. The number of hydrogen-bond donors (Lipinski definition) is 2. The zero-order chi connectivity index (χ0) is 21.1. The lowest BCUT2D eigenvalue weighted by molar-refractivity contribution is 0.0950. The monoisotopic (exact) mass is 400 g/mol. The van der Waals surface area contributed by atoms with Crippen LogP contribution < -0.4 is 20.1 Å². The van der Waals surface area contributed by atoms with E-state index in [0.29, 0.717) is 42.1 Å². The van der Waals surface area contributed by atoms with E-state index in [4.69, 9.17) is 9.47 Å². The summed E-state index contributed by atoms with van der Waals surface area (Å²) in [6, 6.07) is 13.0. The van der Waals surface area contributed by atoms with Crippen molar-refractivity contribution in [2.75, 3.05) is 26.8 Å². The maximum Gasteiger partial charge on any atom is 0.513 e. The van der Waals surface area contributed by atoms with Gasteiger partial charge in [-0.2, -0.15) is 0 Å². The van der Waals surface area contributed by atoms with Crippen LogP contribution in [0.5, 0.6) is 11.5 Å². The average molecular weight is 400 g/mol. The van der Waals surface area contributed by atoms with Gasteiger partial charge in [-0.3, -0.25) is 9.59 Å². The van der Waals surface area contributed by atoms with E-state index in [1.165, 1.54) is 12.1 Å². The summed E-state index contributed by atoms with van der Waals surface area (Å²) in [7, 11) is 1.54. The molecule has 8 heteroatoms. The summed E-state index contributed by atoms with van der Waals surface area (Å²) in [4.78, 5) is 35.5. The molecule has 0 aliphatic rings. The van der Waals surface area contributed by atoms with Gasteiger partial charge in [-0.15, -0.1) is 0 Å². The predicted octanol–water partition coefficient (Wildman–Crippen LogP) is 2.78. The Morgan fingerprint density at radius 2 is 1.52 bits per heavy atom. The molecule has 2 aromatic rings. The second-order valence-electron chi connectivity index (χ2n) is 5.91. The van der Waals surface area contributed by atoms with Crippen molar-refractivity contribution in [3.8, 4) is 11.5 Å². The molecule has 0 aliphatic carbocycles. The number of nitrogens with one attached hydrogen (secondary N) is 2. The lowest BCUT2D eigenvalue weighted by Gasteiger charge is -2.08. The lowest BCUT2D eigenvalue weighted by Crippen LogP contribution is -2.29. The van der Waals surface area contributed by atoms with E-state index in [1.807, 2.05) is 0 Å². The van der Waals surface area contributed by atoms with Gasteiger partial charge in [0, 0.05) is 24.2 Å². The number of ether oxygens (including phenoxy) is 3. The third kappa shape index (κ3) is 7.17. The van der Waals surface area contributed by atoms with E-state index in [9.17, 15) is 14.4 Å². The largest absolute Gasteiger partial charge is 0.513 e. The second kappa shape index (κ2) is 11.3. The van der Waals surface area contributed by atoms with Gasteiger partial charge in [0.1, 0.15) is 11.5 Å². The Bertz CT molecular complexity index is 835. The first-order valence-corrected chi connectivity index (χ1v) is 9.18. The molecule has 0 saturated heterocycles. The van der Waals surface area contributed by atoms with Crippen LogP contribution in [0.1, 0.15) is 34.1 Å². The van der Waals surface area contributed by atoms with Crippen LogP contribution in [-0.4, -0.2) is 44.8 Å². The number of hydrogen-bond acceptors (Lipinski definition) is 6. The van der Waals surface area contributed by atoms with Gasteiger partial charge in [0.05, 0.1) is 13.7 Å². The van der Waals surface area contributed by atoms with Crippen molar-refractivity contribution in [3.05, 3.63) is 59.7 Å². The van der Waals surface area contributed by atoms with Crippen molar-refractivity contribution in [3.63, 3.8) is 0 Å². The summed E-state index contributed by atoms with van der Waals surface area (Å²) >= 11 is 0. The van der Waals surface area contributed by atoms with E-state index in [-0.39, 0.29) is 18.4 Å². The fourth-order valence-electron chi connectivity index (χ4n) is 2.38. The zero-order valence-electron chi connectivity index (χ0n) is 16.4. The number of methoxy groups -OCH3 is 1. The highest BCUT2D eigenvalue weighted by Gasteiger charge is 2.09. The Morgan fingerprint density at radius 3 is 2.14 bits per heavy atom. The van der Waals surface area contributed by atoms with Gasteiger partial charge in [0.15, 0.2) is 0 Å². The predicted molar refractivity (Wildman–Crippen MR) is 106 cm³/mol. The molecule has 29 heavy (non-hydrogen) atoms. The van der Waals surface area contributed by atoms with Gasteiger partial charge in [0.25, 0.3) is 11.8 Å². The van der Waals surface area contributed by atoms with Crippen LogP contribution >= 0.6 is 0 Å². The fourth-order valence-corrected chi connectivity index (χ4v) is 2.38. The minimum absolute atomic E-state index is 0.201. The molecule has 154 valence electrons. The molecule has 0 bridgehead atoms. The van der Waals surface area contributed by atoms with Gasteiger partial charge in [-0.1, -0.05) is 6.07 Å². The summed E-state index contributed by atoms with van der Waals surface area (Å²) in [5.41, 5.74) is 0.945. The van der Waals surface area contributed by atoms with E-state index < -0.39 is 6.16 Å². The maximum atomic E-state index is 12.1. The quantitative estimate of drug-likeness (QED) is 0.381. The molecule has 8 nitrogen and oxygen atoms in total. The number of rotatable bonds is 9.